The highest BCUT2D eigenvalue weighted by Gasteiger charge is 2.19. The fraction of sp³-hybridized carbons (Fsp3) is 0.357. The summed E-state index contributed by atoms with van der Waals surface area (Å²) >= 11 is 0. The predicted octanol–water partition coefficient (Wildman–Crippen LogP) is 1.90. The van der Waals surface area contributed by atoms with Gasteiger partial charge in [0.1, 0.15) is 17.3 Å². The zero-order valence-electron chi connectivity index (χ0n) is 11.2. The monoisotopic (exact) mass is 258 g/mol. The molecular weight excluding hydrogens is 240 g/mol. The number of ether oxygens (including phenoxy) is 1. The van der Waals surface area contributed by atoms with Gasteiger partial charge < -0.3 is 16.3 Å². The lowest BCUT2D eigenvalue weighted by molar-refractivity contribution is 0.357. The summed E-state index contributed by atoms with van der Waals surface area (Å²) in [5.74, 6) is 8.45. The van der Waals surface area contributed by atoms with Gasteiger partial charge in [0, 0.05) is 17.9 Å². The SMILES string of the molecule is CC(C)c1nc(-c2ccc3c(c2)CCO3)c(N)n1N. The average molecular weight is 258 g/mol. The number of imidazole rings is 1. The highest BCUT2D eigenvalue weighted by Crippen LogP contribution is 2.33. The van der Waals surface area contributed by atoms with Gasteiger partial charge in [0.25, 0.3) is 0 Å². The van der Waals surface area contributed by atoms with Crippen LogP contribution in [0.1, 0.15) is 31.2 Å². The molecule has 0 atom stereocenters. The van der Waals surface area contributed by atoms with Crippen LogP contribution in [0, 0.1) is 0 Å². The Hall–Kier alpha value is -2.17. The Morgan fingerprint density at radius 3 is 2.84 bits per heavy atom. The fourth-order valence-corrected chi connectivity index (χ4v) is 2.42. The maximum absolute atomic E-state index is 6.06. The summed E-state index contributed by atoms with van der Waals surface area (Å²) in [6.07, 6.45) is 0.934. The van der Waals surface area contributed by atoms with Crippen LogP contribution in [0.2, 0.25) is 0 Å². The first kappa shape index (κ1) is 11.9. The zero-order valence-corrected chi connectivity index (χ0v) is 11.2. The predicted molar refractivity (Wildman–Crippen MR) is 75.5 cm³/mol. The van der Waals surface area contributed by atoms with Crippen molar-refractivity contribution in [3.8, 4) is 17.0 Å². The third-order valence-corrected chi connectivity index (χ3v) is 3.45. The molecule has 5 heteroatoms. The largest absolute Gasteiger partial charge is 0.493 e. The van der Waals surface area contributed by atoms with E-state index in [1.807, 2.05) is 26.0 Å². The van der Waals surface area contributed by atoms with E-state index in [0.717, 1.165) is 35.9 Å². The molecule has 1 aromatic heterocycles. The molecule has 4 N–H and O–H groups in total. The lowest BCUT2D eigenvalue weighted by Gasteiger charge is -2.04. The number of hydrogen-bond donors (Lipinski definition) is 2. The minimum Gasteiger partial charge on any atom is -0.493 e. The third kappa shape index (κ3) is 1.82. The Balaban J connectivity index is 2.09. The normalized spacial score (nSPS) is 13.6. The van der Waals surface area contributed by atoms with E-state index in [9.17, 15) is 0 Å². The van der Waals surface area contributed by atoms with Crippen molar-refractivity contribution in [1.29, 1.82) is 0 Å². The summed E-state index contributed by atoms with van der Waals surface area (Å²) in [7, 11) is 0. The number of fused-ring (bicyclic) bond motifs is 1. The highest BCUT2D eigenvalue weighted by atomic mass is 16.5. The van der Waals surface area contributed by atoms with Gasteiger partial charge in [-0.15, -0.1) is 0 Å². The van der Waals surface area contributed by atoms with E-state index in [-0.39, 0.29) is 5.92 Å². The molecule has 100 valence electrons. The number of nitrogens with zero attached hydrogens (tertiary/aromatic N) is 2. The van der Waals surface area contributed by atoms with E-state index in [4.69, 9.17) is 16.3 Å². The molecule has 2 aromatic rings. The molecule has 0 aliphatic carbocycles. The lowest BCUT2D eigenvalue weighted by atomic mass is 10.1. The van der Waals surface area contributed by atoms with Crippen molar-refractivity contribution >= 4 is 5.82 Å². The minimum atomic E-state index is 0.235. The molecule has 5 nitrogen and oxygen atoms in total. The first-order valence-corrected chi connectivity index (χ1v) is 6.47. The smallest absolute Gasteiger partial charge is 0.150 e. The molecule has 3 rings (SSSR count). The van der Waals surface area contributed by atoms with Crippen molar-refractivity contribution in [2.75, 3.05) is 18.2 Å². The van der Waals surface area contributed by atoms with Crippen LogP contribution in [0.25, 0.3) is 11.3 Å². The second-order valence-corrected chi connectivity index (χ2v) is 5.15. The number of nitrogens with two attached hydrogens (primary N) is 2. The molecule has 0 bridgehead atoms. The molecule has 0 saturated heterocycles. The van der Waals surface area contributed by atoms with Gasteiger partial charge in [-0.05, 0) is 23.8 Å². The quantitative estimate of drug-likeness (QED) is 0.806. The van der Waals surface area contributed by atoms with Crippen LogP contribution in [0.15, 0.2) is 18.2 Å². The van der Waals surface area contributed by atoms with Gasteiger partial charge in [-0.1, -0.05) is 13.8 Å². The number of rotatable bonds is 2. The van der Waals surface area contributed by atoms with Gasteiger partial charge in [-0.2, -0.15) is 0 Å². The van der Waals surface area contributed by atoms with Crippen LogP contribution >= 0.6 is 0 Å². The van der Waals surface area contributed by atoms with Crippen LogP contribution in [0.3, 0.4) is 0 Å². The number of nitrogen functional groups attached to an aromatic ring is 2. The van der Waals surface area contributed by atoms with Crippen LogP contribution < -0.4 is 16.3 Å². The zero-order chi connectivity index (χ0) is 13.6. The summed E-state index contributed by atoms with van der Waals surface area (Å²) < 4.78 is 6.98. The van der Waals surface area contributed by atoms with Crippen molar-refractivity contribution in [1.82, 2.24) is 9.66 Å². The molecule has 0 amide bonds. The minimum absolute atomic E-state index is 0.235. The van der Waals surface area contributed by atoms with E-state index in [0.29, 0.717) is 5.82 Å². The van der Waals surface area contributed by atoms with Crippen LogP contribution in [0.5, 0.6) is 5.75 Å². The first-order valence-electron chi connectivity index (χ1n) is 6.47. The maximum Gasteiger partial charge on any atom is 0.150 e. The molecule has 0 fully saturated rings. The first-order chi connectivity index (χ1) is 9.08. The Labute approximate surface area is 112 Å². The molecule has 2 heterocycles. The van der Waals surface area contributed by atoms with E-state index in [2.05, 4.69) is 11.1 Å². The van der Waals surface area contributed by atoms with Gasteiger partial charge >= 0.3 is 0 Å². The summed E-state index contributed by atoms with van der Waals surface area (Å²) in [6, 6.07) is 6.04. The van der Waals surface area contributed by atoms with Crippen molar-refractivity contribution < 1.29 is 4.74 Å². The van der Waals surface area contributed by atoms with Gasteiger partial charge in [0.15, 0.2) is 5.82 Å². The molecule has 19 heavy (non-hydrogen) atoms. The summed E-state index contributed by atoms with van der Waals surface area (Å²) in [4.78, 5) is 4.58. The summed E-state index contributed by atoms with van der Waals surface area (Å²) in [5, 5.41) is 0. The van der Waals surface area contributed by atoms with Gasteiger partial charge in [0.2, 0.25) is 0 Å². The number of hydrogen-bond acceptors (Lipinski definition) is 4. The van der Waals surface area contributed by atoms with E-state index < -0.39 is 0 Å². The Morgan fingerprint density at radius 2 is 2.16 bits per heavy atom. The van der Waals surface area contributed by atoms with Gasteiger partial charge in [0.05, 0.1) is 6.61 Å². The lowest BCUT2D eigenvalue weighted by Crippen LogP contribution is -2.16. The van der Waals surface area contributed by atoms with Gasteiger partial charge in [-0.3, -0.25) is 0 Å². The van der Waals surface area contributed by atoms with Crippen molar-refractivity contribution in [3.05, 3.63) is 29.6 Å². The standard InChI is InChI=1S/C14H18N4O/c1-8(2)14-17-12(13(15)18(14)16)10-3-4-11-9(7-10)5-6-19-11/h3-4,7-8H,5-6,15-16H2,1-2H3. The number of benzene rings is 1. The second-order valence-electron chi connectivity index (χ2n) is 5.15. The molecule has 0 radical (unpaired) electrons. The van der Waals surface area contributed by atoms with Crippen molar-refractivity contribution in [3.63, 3.8) is 0 Å². The molecule has 1 aliphatic heterocycles. The molecular formula is C14H18N4O. The summed E-state index contributed by atoms with van der Waals surface area (Å²) in [6.45, 7) is 4.84. The Kier molecular flexibility index (Phi) is 2.62. The van der Waals surface area contributed by atoms with Crippen LogP contribution in [0.4, 0.5) is 5.82 Å². The molecule has 1 aromatic carbocycles. The molecule has 1 aliphatic rings. The van der Waals surface area contributed by atoms with Crippen molar-refractivity contribution in [2.45, 2.75) is 26.2 Å². The number of anilines is 1. The van der Waals surface area contributed by atoms with Gasteiger partial charge in [-0.25, -0.2) is 9.66 Å². The average Bonchev–Trinajstić information content (AvgIpc) is 2.95. The van der Waals surface area contributed by atoms with E-state index in [1.165, 1.54) is 10.2 Å². The molecule has 0 spiro atoms. The third-order valence-electron chi connectivity index (χ3n) is 3.45. The second kappa shape index (κ2) is 4.19. The maximum atomic E-state index is 6.06. The number of aromatic nitrogens is 2. The van der Waals surface area contributed by atoms with E-state index in [1.54, 1.807) is 0 Å². The Morgan fingerprint density at radius 1 is 1.37 bits per heavy atom. The molecule has 0 saturated carbocycles. The van der Waals surface area contributed by atoms with E-state index >= 15 is 0 Å². The van der Waals surface area contributed by atoms with Crippen molar-refractivity contribution in [2.24, 2.45) is 0 Å². The summed E-state index contributed by atoms with van der Waals surface area (Å²) in [5.41, 5.74) is 9.01. The molecule has 0 unspecified atom stereocenters. The van der Waals surface area contributed by atoms with Crippen LogP contribution in [-0.4, -0.2) is 16.3 Å². The highest BCUT2D eigenvalue weighted by molar-refractivity contribution is 5.72. The van der Waals surface area contributed by atoms with Crippen LogP contribution in [-0.2, 0) is 6.42 Å². The fourth-order valence-electron chi connectivity index (χ4n) is 2.42. The topological polar surface area (TPSA) is 79.1 Å². The Bertz CT molecular complexity index is 631.